The van der Waals surface area contributed by atoms with Crippen LogP contribution in [0.1, 0.15) is 19.8 Å². The average Bonchev–Trinajstić information content (AvgIpc) is 2.38. The fourth-order valence-corrected chi connectivity index (χ4v) is 4.66. The van der Waals surface area contributed by atoms with Gasteiger partial charge in [-0.25, -0.2) is 12.8 Å². The summed E-state index contributed by atoms with van der Waals surface area (Å²) in [6, 6.07) is 2.38. The van der Waals surface area contributed by atoms with Gasteiger partial charge in [-0.05, 0) is 30.9 Å². The van der Waals surface area contributed by atoms with Gasteiger partial charge in [0.1, 0.15) is 4.90 Å². The quantitative estimate of drug-likeness (QED) is 0.842. The molecule has 0 radical (unpaired) electrons. The second kappa shape index (κ2) is 5.77. The molecule has 0 aliphatic carbocycles. The Labute approximate surface area is 127 Å². The Morgan fingerprint density at radius 2 is 2.05 bits per heavy atom. The Bertz CT molecular complexity index is 624. The van der Waals surface area contributed by atoms with Gasteiger partial charge in [0, 0.05) is 6.54 Å². The van der Waals surface area contributed by atoms with E-state index in [-0.39, 0.29) is 15.8 Å². The van der Waals surface area contributed by atoms with Crippen LogP contribution in [0.3, 0.4) is 0 Å². The van der Waals surface area contributed by atoms with Gasteiger partial charge in [-0.2, -0.15) is 4.31 Å². The lowest BCUT2D eigenvalue weighted by molar-refractivity contribution is 0.192. The number of hydrogen-bond acceptors (Lipinski definition) is 3. The first-order valence-electron chi connectivity index (χ1n) is 6.17. The maximum absolute atomic E-state index is 13.7. The van der Waals surface area contributed by atoms with E-state index in [1.807, 2.05) is 6.92 Å². The zero-order chi connectivity index (χ0) is 15.1. The Hall–Kier alpha value is -0.400. The highest BCUT2D eigenvalue weighted by Gasteiger charge is 2.36. The zero-order valence-corrected chi connectivity index (χ0v) is 13.1. The van der Waals surface area contributed by atoms with E-state index in [1.54, 1.807) is 0 Å². The van der Waals surface area contributed by atoms with Crippen LogP contribution in [0.15, 0.2) is 17.0 Å². The maximum Gasteiger partial charge on any atom is 0.246 e. The Balaban J connectivity index is 2.48. The van der Waals surface area contributed by atoms with E-state index in [9.17, 15) is 12.8 Å². The predicted octanol–water partition coefficient (Wildman–Crippen LogP) is 2.84. The molecule has 20 heavy (non-hydrogen) atoms. The third-order valence-corrected chi connectivity index (χ3v) is 6.25. The third kappa shape index (κ3) is 2.67. The maximum atomic E-state index is 13.7. The molecule has 1 aromatic carbocycles. The number of sulfonamides is 1. The molecule has 0 spiro atoms. The minimum absolute atomic E-state index is 0.0365. The Kier molecular flexibility index (Phi) is 4.61. The van der Waals surface area contributed by atoms with Gasteiger partial charge in [0.2, 0.25) is 10.0 Å². The van der Waals surface area contributed by atoms with Crippen molar-refractivity contribution in [2.75, 3.05) is 6.54 Å². The lowest BCUT2D eigenvalue weighted by Crippen LogP contribution is -2.52. The van der Waals surface area contributed by atoms with E-state index in [4.69, 9.17) is 28.9 Å². The molecule has 4 nitrogen and oxygen atoms in total. The first-order chi connectivity index (χ1) is 9.26. The van der Waals surface area contributed by atoms with Gasteiger partial charge >= 0.3 is 0 Å². The van der Waals surface area contributed by atoms with E-state index in [0.717, 1.165) is 6.42 Å². The normalized spacial score (nSPS) is 24.9. The van der Waals surface area contributed by atoms with Crippen LogP contribution in [0.25, 0.3) is 0 Å². The van der Waals surface area contributed by atoms with E-state index in [1.165, 1.54) is 16.4 Å². The summed E-state index contributed by atoms with van der Waals surface area (Å²) < 4.78 is 40.0. The van der Waals surface area contributed by atoms with Crippen LogP contribution >= 0.6 is 23.2 Å². The molecule has 1 fully saturated rings. The van der Waals surface area contributed by atoms with Crippen LogP contribution in [0, 0.1) is 11.7 Å². The number of nitrogens with zero attached hydrogens (tertiary/aromatic N) is 1. The lowest BCUT2D eigenvalue weighted by Gasteiger charge is -2.36. The molecule has 112 valence electrons. The highest BCUT2D eigenvalue weighted by molar-refractivity contribution is 7.89. The second-order valence-corrected chi connectivity index (χ2v) is 7.54. The van der Waals surface area contributed by atoms with Crippen molar-refractivity contribution < 1.29 is 12.8 Å². The smallest absolute Gasteiger partial charge is 0.246 e. The molecular formula is C12H15Cl2FN2O2S. The molecule has 2 N–H and O–H groups in total. The van der Waals surface area contributed by atoms with E-state index in [2.05, 4.69) is 0 Å². The topological polar surface area (TPSA) is 63.4 Å². The summed E-state index contributed by atoms with van der Waals surface area (Å²) in [7, 11) is -3.94. The number of hydrogen-bond donors (Lipinski definition) is 1. The molecule has 1 aliphatic heterocycles. The van der Waals surface area contributed by atoms with Crippen molar-refractivity contribution in [2.24, 2.45) is 11.7 Å². The molecule has 2 atom stereocenters. The minimum Gasteiger partial charge on any atom is -0.315 e. The van der Waals surface area contributed by atoms with Gasteiger partial charge in [-0.15, -0.1) is 0 Å². The molecule has 0 saturated carbocycles. The van der Waals surface area contributed by atoms with Gasteiger partial charge in [-0.3, -0.25) is 0 Å². The summed E-state index contributed by atoms with van der Waals surface area (Å²) in [5.41, 5.74) is 5.95. The first kappa shape index (κ1) is 16.0. The van der Waals surface area contributed by atoms with Crippen molar-refractivity contribution in [2.45, 2.75) is 30.8 Å². The van der Waals surface area contributed by atoms with E-state index >= 15 is 0 Å². The van der Waals surface area contributed by atoms with Crippen molar-refractivity contribution in [1.29, 1.82) is 0 Å². The highest BCUT2D eigenvalue weighted by atomic mass is 35.5. The predicted molar refractivity (Wildman–Crippen MR) is 76.7 cm³/mol. The standard InChI is InChI=1S/C12H15Cl2FN2O2S/c1-7-3-2-6-17(12(7)16)20(18,19)9-5-4-8(13)11(15)10(9)14/h4-5,7,12H,2-3,6,16H2,1H3. The van der Waals surface area contributed by atoms with Crippen molar-refractivity contribution in [3.05, 3.63) is 28.0 Å². The summed E-state index contributed by atoms with van der Waals surface area (Å²) in [6.07, 6.45) is 0.932. The first-order valence-corrected chi connectivity index (χ1v) is 8.37. The minimum atomic E-state index is -3.94. The van der Waals surface area contributed by atoms with Gasteiger partial charge in [0.15, 0.2) is 5.82 Å². The lowest BCUT2D eigenvalue weighted by atomic mass is 9.99. The van der Waals surface area contributed by atoms with Crippen LogP contribution in [0.4, 0.5) is 4.39 Å². The van der Waals surface area contributed by atoms with Gasteiger partial charge < -0.3 is 5.73 Å². The molecule has 1 heterocycles. The zero-order valence-electron chi connectivity index (χ0n) is 10.8. The molecule has 2 rings (SSSR count). The summed E-state index contributed by atoms with van der Waals surface area (Å²) in [5, 5.41) is -0.715. The van der Waals surface area contributed by atoms with Crippen LogP contribution in [0.5, 0.6) is 0 Å². The van der Waals surface area contributed by atoms with Crippen molar-refractivity contribution in [3.63, 3.8) is 0 Å². The SMILES string of the molecule is CC1CCCN(S(=O)(=O)c2ccc(Cl)c(F)c2Cl)C1N. The van der Waals surface area contributed by atoms with Crippen molar-refractivity contribution >= 4 is 33.2 Å². The molecule has 0 aromatic heterocycles. The summed E-state index contributed by atoms with van der Waals surface area (Å²) in [4.78, 5) is -0.300. The second-order valence-electron chi connectivity index (χ2n) is 4.90. The number of nitrogens with two attached hydrogens (primary N) is 1. The molecule has 1 aromatic rings. The fraction of sp³-hybridized carbons (Fsp3) is 0.500. The molecule has 1 saturated heterocycles. The highest BCUT2D eigenvalue weighted by Crippen LogP contribution is 2.33. The molecule has 8 heteroatoms. The molecule has 0 bridgehead atoms. The summed E-state index contributed by atoms with van der Waals surface area (Å²) in [6.45, 7) is 2.19. The van der Waals surface area contributed by atoms with Gasteiger partial charge in [-0.1, -0.05) is 30.1 Å². The molecule has 2 unspecified atom stereocenters. The van der Waals surface area contributed by atoms with Crippen LogP contribution in [-0.4, -0.2) is 25.4 Å². The Morgan fingerprint density at radius 1 is 1.40 bits per heavy atom. The van der Waals surface area contributed by atoms with Crippen molar-refractivity contribution in [1.82, 2.24) is 4.31 Å². The molecule has 0 amide bonds. The summed E-state index contributed by atoms with van der Waals surface area (Å²) in [5.74, 6) is -0.900. The third-order valence-electron chi connectivity index (χ3n) is 3.54. The number of rotatable bonds is 2. The fourth-order valence-electron chi connectivity index (χ4n) is 2.29. The largest absolute Gasteiger partial charge is 0.315 e. The van der Waals surface area contributed by atoms with Crippen molar-refractivity contribution in [3.8, 4) is 0 Å². The van der Waals surface area contributed by atoms with Gasteiger partial charge in [0.05, 0.1) is 16.2 Å². The van der Waals surface area contributed by atoms with Crippen LogP contribution in [-0.2, 0) is 10.0 Å². The van der Waals surface area contributed by atoms with Crippen LogP contribution < -0.4 is 5.73 Å². The monoisotopic (exact) mass is 340 g/mol. The molecule has 1 aliphatic rings. The van der Waals surface area contributed by atoms with Crippen LogP contribution in [0.2, 0.25) is 10.0 Å². The number of benzene rings is 1. The van der Waals surface area contributed by atoms with E-state index < -0.39 is 27.0 Å². The molecular weight excluding hydrogens is 326 g/mol. The summed E-state index contributed by atoms with van der Waals surface area (Å²) >= 11 is 11.4. The average molecular weight is 341 g/mol. The number of halogens is 3. The number of piperidine rings is 1. The van der Waals surface area contributed by atoms with Gasteiger partial charge in [0.25, 0.3) is 0 Å². The van der Waals surface area contributed by atoms with E-state index in [0.29, 0.717) is 13.0 Å². The Morgan fingerprint density at radius 3 is 2.70 bits per heavy atom.